The van der Waals surface area contributed by atoms with Crippen LogP contribution in [0.4, 0.5) is 0 Å². The van der Waals surface area contributed by atoms with E-state index < -0.39 is 5.54 Å². The number of likely N-dealkylation sites (N-methyl/N-ethyl adjacent to an activating group) is 1. The molecule has 0 saturated carbocycles. The van der Waals surface area contributed by atoms with Crippen LogP contribution in [0.15, 0.2) is 16.2 Å². The van der Waals surface area contributed by atoms with Crippen molar-refractivity contribution in [2.75, 3.05) is 13.6 Å². The standard InChI is InChI=1S/C15H20N4O2S/c1-15(6-3-4-7-16-15)14(21)19(2)9-11-17-10-5-8-22-12(10)13(20)18-11/h5,8,16H,3-4,6-7,9H2,1-2H3,(H,17,18,20). The van der Waals surface area contributed by atoms with Gasteiger partial charge in [0, 0.05) is 7.05 Å². The van der Waals surface area contributed by atoms with E-state index in [0.29, 0.717) is 22.6 Å². The summed E-state index contributed by atoms with van der Waals surface area (Å²) in [4.78, 5) is 33.5. The maximum Gasteiger partial charge on any atom is 0.268 e. The number of piperidine rings is 1. The molecule has 2 aromatic rings. The molecule has 118 valence electrons. The molecule has 1 saturated heterocycles. The Kier molecular flexibility index (Phi) is 4.01. The highest BCUT2D eigenvalue weighted by Gasteiger charge is 2.36. The van der Waals surface area contributed by atoms with E-state index in [2.05, 4.69) is 15.3 Å². The van der Waals surface area contributed by atoms with E-state index in [9.17, 15) is 9.59 Å². The second-order valence-electron chi connectivity index (χ2n) is 6.02. The van der Waals surface area contributed by atoms with E-state index >= 15 is 0 Å². The summed E-state index contributed by atoms with van der Waals surface area (Å²) in [7, 11) is 1.75. The monoisotopic (exact) mass is 320 g/mol. The molecule has 6 nitrogen and oxygen atoms in total. The van der Waals surface area contributed by atoms with Crippen molar-refractivity contribution in [2.45, 2.75) is 38.3 Å². The first-order valence-corrected chi connectivity index (χ1v) is 8.34. The third-order valence-corrected chi connectivity index (χ3v) is 5.09. The smallest absolute Gasteiger partial charge is 0.268 e. The Hall–Kier alpha value is -1.73. The minimum atomic E-state index is -0.514. The lowest BCUT2D eigenvalue weighted by atomic mass is 9.89. The number of aromatic nitrogens is 2. The van der Waals surface area contributed by atoms with Gasteiger partial charge in [-0.3, -0.25) is 9.59 Å². The molecule has 1 unspecified atom stereocenters. The molecule has 3 heterocycles. The second kappa shape index (κ2) is 5.81. The van der Waals surface area contributed by atoms with Gasteiger partial charge in [0.15, 0.2) is 0 Å². The predicted octanol–water partition coefficient (Wildman–Crippen LogP) is 1.48. The quantitative estimate of drug-likeness (QED) is 0.898. The number of amides is 1. The van der Waals surface area contributed by atoms with E-state index in [1.54, 1.807) is 11.9 Å². The lowest BCUT2D eigenvalue weighted by Crippen LogP contribution is -2.57. The summed E-state index contributed by atoms with van der Waals surface area (Å²) in [5.74, 6) is 0.562. The number of nitrogens with one attached hydrogen (secondary N) is 2. The van der Waals surface area contributed by atoms with Crippen molar-refractivity contribution in [3.8, 4) is 0 Å². The van der Waals surface area contributed by atoms with E-state index in [-0.39, 0.29) is 11.5 Å². The van der Waals surface area contributed by atoms with Crippen LogP contribution in [0.3, 0.4) is 0 Å². The highest BCUT2D eigenvalue weighted by atomic mass is 32.1. The summed E-state index contributed by atoms with van der Waals surface area (Å²) in [6, 6.07) is 1.82. The fourth-order valence-corrected chi connectivity index (χ4v) is 3.68. The molecule has 3 rings (SSSR count). The van der Waals surface area contributed by atoms with Crippen LogP contribution in [0.1, 0.15) is 32.0 Å². The van der Waals surface area contributed by atoms with Gasteiger partial charge in [-0.15, -0.1) is 11.3 Å². The Bertz CT molecular complexity index is 745. The predicted molar refractivity (Wildman–Crippen MR) is 87.0 cm³/mol. The Labute approximate surface area is 132 Å². The van der Waals surface area contributed by atoms with Gasteiger partial charge in [0.1, 0.15) is 10.5 Å². The van der Waals surface area contributed by atoms with Gasteiger partial charge in [-0.25, -0.2) is 4.98 Å². The molecule has 7 heteroatoms. The number of carbonyl (C=O) groups is 1. The van der Waals surface area contributed by atoms with Gasteiger partial charge in [0.2, 0.25) is 5.91 Å². The number of thiophene rings is 1. The number of nitrogens with zero attached hydrogens (tertiary/aromatic N) is 2. The third kappa shape index (κ3) is 2.78. The molecule has 0 radical (unpaired) electrons. The van der Waals surface area contributed by atoms with Gasteiger partial charge < -0.3 is 15.2 Å². The summed E-state index contributed by atoms with van der Waals surface area (Å²) in [6.07, 6.45) is 3.00. The first-order valence-electron chi connectivity index (χ1n) is 7.47. The highest BCUT2D eigenvalue weighted by Crippen LogP contribution is 2.21. The van der Waals surface area contributed by atoms with Crippen molar-refractivity contribution < 1.29 is 4.79 Å². The lowest BCUT2D eigenvalue weighted by Gasteiger charge is -2.36. The average molecular weight is 320 g/mol. The molecule has 1 atom stereocenters. The number of fused-ring (bicyclic) bond motifs is 1. The fourth-order valence-electron chi connectivity index (χ4n) is 2.95. The van der Waals surface area contributed by atoms with Crippen LogP contribution >= 0.6 is 11.3 Å². The Morgan fingerprint density at radius 1 is 1.50 bits per heavy atom. The molecule has 1 amide bonds. The van der Waals surface area contributed by atoms with Crippen LogP contribution in [0.2, 0.25) is 0 Å². The molecule has 2 N–H and O–H groups in total. The molecular weight excluding hydrogens is 300 g/mol. The van der Waals surface area contributed by atoms with E-state index in [4.69, 9.17) is 0 Å². The Balaban J connectivity index is 1.78. The molecule has 0 aliphatic carbocycles. The van der Waals surface area contributed by atoms with Crippen molar-refractivity contribution in [3.63, 3.8) is 0 Å². The summed E-state index contributed by atoms with van der Waals surface area (Å²) < 4.78 is 0.624. The number of hydrogen-bond donors (Lipinski definition) is 2. The van der Waals surface area contributed by atoms with Gasteiger partial charge in [-0.2, -0.15) is 0 Å². The SMILES string of the molecule is CN(Cc1nc2ccsc2c(=O)[nH]1)C(=O)C1(C)CCCCN1. The number of aromatic amines is 1. The van der Waals surface area contributed by atoms with E-state index in [1.165, 1.54) is 11.3 Å². The molecule has 0 aromatic carbocycles. The van der Waals surface area contributed by atoms with E-state index in [0.717, 1.165) is 25.8 Å². The van der Waals surface area contributed by atoms with Gasteiger partial charge in [-0.1, -0.05) is 0 Å². The van der Waals surface area contributed by atoms with Crippen molar-refractivity contribution in [3.05, 3.63) is 27.6 Å². The maximum absolute atomic E-state index is 12.7. The van der Waals surface area contributed by atoms with Crippen LogP contribution in [0, 0.1) is 0 Å². The minimum absolute atomic E-state index is 0.0419. The molecule has 0 spiro atoms. The summed E-state index contributed by atoms with van der Waals surface area (Å²) >= 11 is 1.37. The zero-order valence-corrected chi connectivity index (χ0v) is 13.6. The van der Waals surface area contributed by atoms with Crippen LogP contribution in [-0.2, 0) is 11.3 Å². The lowest BCUT2D eigenvalue weighted by molar-refractivity contribution is -0.138. The van der Waals surface area contributed by atoms with Crippen molar-refractivity contribution in [1.82, 2.24) is 20.2 Å². The van der Waals surface area contributed by atoms with Gasteiger partial charge in [-0.05, 0) is 44.2 Å². The molecule has 0 bridgehead atoms. The fraction of sp³-hybridized carbons (Fsp3) is 0.533. The first-order chi connectivity index (χ1) is 10.5. The summed E-state index contributed by atoms with van der Waals surface area (Å²) in [6.45, 7) is 3.12. The number of carbonyl (C=O) groups excluding carboxylic acids is 1. The summed E-state index contributed by atoms with van der Waals surface area (Å²) in [5, 5.41) is 5.16. The van der Waals surface area contributed by atoms with Crippen molar-refractivity contribution in [1.29, 1.82) is 0 Å². The van der Waals surface area contributed by atoms with Gasteiger partial charge in [0.25, 0.3) is 5.56 Å². The molecule has 1 aliphatic heterocycles. The number of rotatable bonds is 3. The van der Waals surface area contributed by atoms with Crippen LogP contribution in [-0.4, -0.2) is 39.9 Å². The van der Waals surface area contributed by atoms with Crippen LogP contribution in [0.5, 0.6) is 0 Å². The van der Waals surface area contributed by atoms with Gasteiger partial charge >= 0.3 is 0 Å². The zero-order chi connectivity index (χ0) is 15.7. The molecule has 22 heavy (non-hydrogen) atoms. The topological polar surface area (TPSA) is 78.1 Å². The van der Waals surface area contributed by atoms with Crippen molar-refractivity contribution >= 4 is 27.5 Å². The summed E-state index contributed by atoms with van der Waals surface area (Å²) in [5.41, 5.74) is 0.0317. The number of hydrogen-bond acceptors (Lipinski definition) is 5. The molecule has 2 aromatic heterocycles. The molecular formula is C15H20N4O2S. The van der Waals surface area contributed by atoms with E-state index in [1.807, 2.05) is 18.4 Å². The molecule has 1 aliphatic rings. The normalized spacial score (nSPS) is 21.9. The maximum atomic E-state index is 12.7. The Morgan fingerprint density at radius 2 is 2.32 bits per heavy atom. The van der Waals surface area contributed by atoms with Crippen LogP contribution in [0.25, 0.3) is 10.2 Å². The second-order valence-corrected chi connectivity index (χ2v) is 6.94. The number of H-pyrrole nitrogens is 1. The Morgan fingerprint density at radius 3 is 3.05 bits per heavy atom. The van der Waals surface area contributed by atoms with Gasteiger partial charge in [0.05, 0.1) is 17.6 Å². The molecule has 1 fully saturated rings. The highest BCUT2D eigenvalue weighted by molar-refractivity contribution is 7.17. The van der Waals surface area contributed by atoms with Crippen LogP contribution < -0.4 is 10.9 Å². The minimum Gasteiger partial charge on any atom is -0.337 e. The third-order valence-electron chi connectivity index (χ3n) is 4.19. The first kappa shape index (κ1) is 15.2. The average Bonchev–Trinajstić information content (AvgIpc) is 2.96. The van der Waals surface area contributed by atoms with Crippen molar-refractivity contribution in [2.24, 2.45) is 0 Å². The largest absolute Gasteiger partial charge is 0.337 e. The zero-order valence-electron chi connectivity index (χ0n) is 12.8.